The van der Waals surface area contributed by atoms with Crippen LogP contribution in [0.5, 0.6) is 0 Å². The largest absolute Gasteiger partial charge is 0.417 e. The molecule has 35 heavy (non-hydrogen) atoms. The first-order chi connectivity index (χ1) is 16.5. The number of carbonyl (C=O) groups excluding carboxylic acids is 1. The second-order valence-electron chi connectivity index (χ2n) is 8.28. The number of alkyl halides is 3. The van der Waals surface area contributed by atoms with Crippen molar-refractivity contribution in [2.75, 3.05) is 18.4 Å². The molecular formula is C22H23F4N7O2. The zero-order valence-corrected chi connectivity index (χ0v) is 19.1. The lowest BCUT2D eigenvalue weighted by Crippen LogP contribution is -2.58. The molecular weight excluding hydrogens is 470 g/mol. The third kappa shape index (κ3) is 5.39. The van der Waals surface area contributed by atoms with Crippen molar-refractivity contribution >= 4 is 11.7 Å². The SMILES string of the molecule is C[C@@H]1CN(C(=O)c2nn(C)cc2-c2ncc(F)cn2)[C@H](CNc2ccc(C(F)(F)F)cn2)[C@H](C)O1. The van der Waals surface area contributed by atoms with Gasteiger partial charge in [0.15, 0.2) is 17.3 Å². The molecule has 1 fully saturated rings. The second-order valence-corrected chi connectivity index (χ2v) is 8.28. The molecule has 0 aromatic carbocycles. The average molecular weight is 493 g/mol. The van der Waals surface area contributed by atoms with E-state index in [4.69, 9.17) is 4.74 Å². The first-order valence-corrected chi connectivity index (χ1v) is 10.8. The summed E-state index contributed by atoms with van der Waals surface area (Å²) in [4.78, 5) is 27.0. The van der Waals surface area contributed by atoms with Crippen molar-refractivity contribution in [3.63, 3.8) is 0 Å². The molecule has 0 spiro atoms. The number of aryl methyl sites for hydroxylation is 1. The summed E-state index contributed by atoms with van der Waals surface area (Å²) in [7, 11) is 1.64. The third-order valence-corrected chi connectivity index (χ3v) is 5.58. The smallest absolute Gasteiger partial charge is 0.372 e. The molecule has 1 saturated heterocycles. The number of morpholine rings is 1. The van der Waals surface area contributed by atoms with E-state index in [9.17, 15) is 22.4 Å². The van der Waals surface area contributed by atoms with Crippen LogP contribution < -0.4 is 5.32 Å². The first kappa shape index (κ1) is 24.5. The van der Waals surface area contributed by atoms with Gasteiger partial charge in [-0.2, -0.15) is 18.3 Å². The minimum atomic E-state index is -4.48. The highest BCUT2D eigenvalue weighted by molar-refractivity contribution is 5.98. The molecule has 0 bridgehead atoms. The lowest BCUT2D eigenvalue weighted by Gasteiger charge is -2.42. The van der Waals surface area contributed by atoms with Crippen LogP contribution in [-0.2, 0) is 18.0 Å². The van der Waals surface area contributed by atoms with Crippen molar-refractivity contribution in [2.24, 2.45) is 7.05 Å². The van der Waals surface area contributed by atoms with Gasteiger partial charge in [-0.15, -0.1) is 0 Å². The number of halogens is 4. The van der Waals surface area contributed by atoms with Crippen LogP contribution in [-0.4, -0.2) is 66.9 Å². The van der Waals surface area contributed by atoms with Crippen LogP contribution in [0.2, 0.25) is 0 Å². The molecule has 0 aliphatic carbocycles. The Bertz CT molecular complexity index is 1180. The summed E-state index contributed by atoms with van der Waals surface area (Å²) in [5.41, 5.74) is -0.410. The van der Waals surface area contributed by atoms with E-state index in [1.54, 1.807) is 18.1 Å². The summed E-state index contributed by atoms with van der Waals surface area (Å²) in [5.74, 6) is -0.623. The summed E-state index contributed by atoms with van der Waals surface area (Å²) in [6.07, 6.45) is -0.795. The van der Waals surface area contributed by atoms with E-state index in [1.807, 2.05) is 13.8 Å². The van der Waals surface area contributed by atoms with Gasteiger partial charge in [0.1, 0.15) is 5.82 Å². The highest BCUT2D eigenvalue weighted by atomic mass is 19.4. The fourth-order valence-corrected chi connectivity index (χ4v) is 3.95. The zero-order valence-electron chi connectivity index (χ0n) is 19.1. The first-order valence-electron chi connectivity index (χ1n) is 10.8. The van der Waals surface area contributed by atoms with E-state index in [1.165, 1.54) is 10.7 Å². The van der Waals surface area contributed by atoms with E-state index >= 15 is 0 Å². The minimum absolute atomic E-state index is 0.0954. The van der Waals surface area contributed by atoms with Gasteiger partial charge in [0.05, 0.1) is 41.8 Å². The summed E-state index contributed by atoms with van der Waals surface area (Å²) in [6, 6.07) is 1.69. The molecule has 0 radical (unpaired) electrons. The summed E-state index contributed by atoms with van der Waals surface area (Å²) >= 11 is 0. The predicted octanol–water partition coefficient (Wildman–Crippen LogP) is 3.16. The van der Waals surface area contributed by atoms with Crippen molar-refractivity contribution in [3.8, 4) is 11.4 Å². The number of amides is 1. The van der Waals surface area contributed by atoms with E-state index in [-0.39, 0.29) is 42.6 Å². The zero-order chi connectivity index (χ0) is 25.3. The lowest BCUT2D eigenvalue weighted by atomic mass is 10.0. The molecule has 1 aliphatic heterocycles. The Labute approximate surface area is 198 Å². The van der Waals surface area contributed by atoms with Gasteiger partial charge in [0.2, 0.25) is 0 Å². The van der Waals surface area contributed by atoms with Crippen LogP contribution in [0.15, 0.2) is 36.9 Å². The van der Waals surface area contributed by atoms with Crippen LogP contribution in [0.3, 0.4) is 0 Å². The van der Waals surface area contributed by atoms with Gasteiger partial charge in [-0.25, -0.2) is 19.3 Å². The molecule has 186 valence electrons. The fourth-order valence-electron chi connectivity index (χ4n) is 3.95. The topological polar surface area (TPSA) is 98.1 Å². The Morgan fingerprint density at radius 3 is 2.51 bits per heavy atom. The number of carbonyl (C=O) groups is 1. The average Bonchev–Trinajstić information content (AvgIpc) is 3.19. The van der Waals surface area contributed by atoms with E-state index in [2.05, 4.69) is 25.4 Å². The van der Waals surface area contributed by atoms with Gasteiger partial charge in [-0.05, 0) is 26.0 Å². The molecule has 0 unspecified atom stereocenters. The van der Waals surface area contributed by atoms with Crippen molar-refractivity contribution in [1.29, 1.82) is 0 Å². The van der Waals surface area contributed by atoms with E-state index < -0.39 is 29.5 Å². The standard InChI is InChI=1S/C22H23F4N7O2/c1-12-10-33(21(34)19-16(11-32(3)31-19)20-29-7-15(23)8-30-20)17(13(2)35-12)9-28-18-5-4-14(6-27-18)22(24,25)26/h4-8,11-13,17H,9-10H2,1-3H3,(H,27,28)/t12-,13+,17-/m1/s1. The molecule has 0 saturated carbocycles. The van der Waals surface area contributed by atoms with Crippen LogP contribution in [0.4, 0.5) is 23.4 Å². The fraction of sp³-hybridized carbons (Fsp3) is 0.409. The molecule has 4 rings (SSSR count). The minimum Gasteiger partial charge on any atom is -0.372 e. The lowest BCUT2D eigenvalue weighted by molar-refractivity contribution is -0.137. The second kappa shape index (κ2) is 9.56. The monoisotopic (exact) mass is 493 g/mol. The maximum Gasteiger partial charge on any atom is 0.417 e. The molecule has 1 amide bonds. The quantitative estimate of drug-likeness (QED) is 0.546. The maximum atomic E-state index is 13.6. The number of aromatic nitrogens is 5. The van der Waals surface area contributed by atoms with E-state index in [0.717, 1.165) is 24.7 Å². The number of nitrogens with one attached hydrogen (secondary N) is 1. The normalized spacial score (nSPS) is 20.7. The number of hydrogen-bond donors (Lipinski definition) is 1. The van der Waals surface area contributed by atoms with E-state index in [0.29, 0.717) is 5.56 Å². The summed E-state index contributed by atoms with van der Waals surface area (Å²) in [6.45, 7) is 4.08. The Kier molecular flexibility index (Phi) is 6.70. The number of rotatable bonds is 5. The molecule has 1 aliphatic rings. The van der Waals surface area contributed by atoms with Gasteiger partial charge < -0.3 is 15.0 Å². The van der Waals surface area contributed by atoms with Crippen molar-refractivity contribution in [1.82, 2.24) is 29.6 Å². The maximum absolute atomic E-state index is 13.6. The Morgan fingerprint density at radius 1 is 1.17 bits per heavy atom. The molecule has 4 heterocycles. The molecule has 3 aromatic rings. The number of pyridine rings is 1. The Morgan fingerprint density at radius 2 is 1.89 bits per heavy atom. The van der Waals surface area contributed by atoms with Crippen LogP contribution in [0.25, 0.3) is 11.4 Å². The number of anilines is 1. The van der Waals surface area contributed by atoms with Gasteiger partial charge >= 0.3 is 6.18 Å². The number of nitrogens with zero attached hydrogens (tertiary/aromatic N) is 6. The molecule has 3 atom stereocenters. The number of hydrogen-bond acceptors (Lipinski definition) is 7. The van der Waals surface area contributed by atoms with Gasteiger partial charge in [0.25, 0.3) is 5.91 Å². The van der Waals surface area contributed by atoms with Crippen LogP contribution >= 0.6 is 0 Å². The van der Waals surface area contributed by atoms with Crippen molar-refractivity contribution in [2.45, 2.75) is 38.3 Å². The Hall–Kier alpha value is -3.61. The van der Waals surface area contributed by atoms with Crippen LogP contribution in [0, 0.1) is 5.82 Å². The highest BCUT2D eigenvalue weighted by Gasteiger charge is 2.38. The summed E-state index contributed by atoms with van der Waals surface area (Å²) in [5, 5.41) is 7.28. The molecule has 13 heteroatoms. The summed E-state index contributed by atoms with van der Waals surface area (Å²) < 4.78 is 59.1. The van der Waals surface area contributed by atoms with Gasteiger partial charge in [-0.3, -0.25) is 9.48 Å². The number of ether oxygens (including phenoxy) is 1. The van der Waals surface area contributed by atoms with Gasteiger partial charge in [0, 0.05) is 32.5 Å². The molecule has 3 aromatic heterocycles. The Balaban J connectivity index is 1.57. The molecule has 1 N–H and O–H groups in total. The van der Waals surface area contributed by atoms with Crippen LogP contribution in [0.1, 0.15) is 29.9 Å². The third-order valence-electron chi connectivity index (χ3n) is 5.58. The highest BCUT2D eigenvalue weighted by Crippen LogP contribution is 2.29. The van der Waals surface area contributed by atoms with Gasteiger partial charge in [-0.1, -0.05) is 0 Å². The van der Waals surface area contributed by atoms with Crippen molar-refractivity contribution < 1.29 is 27.1 Å². The predicted molar refractivity (Wildman–Crippen MR) is 117 cm³/mol. The molecule has 9 nitrogen and oxygen atoms in total. The van der Waals surface area contributed by atoms with Crippen molar-refractivity contribution in [3.05, 3.63) is 54.0 Å².